The Morgan fingerprint density at radius 3 is 2.47 bits per heavy atom. The molecule has 0 aromatic carbocycles. The number of nitrogens with zero attached hydrogens (tertiary/aromatic N) is 1. The normalized spacial score (nSPS) is 11.6. The van der Waals surface area contributed by atoms with Crippen molar-refractivity contribution in [3.8, 4) is 5.75 Å². The molecular formula is C13H21NO3. The number of hydrogen-bond donors (Lipinski definition) is 1. The molecule has 0 unspecified atom stereocenters. The van der Waals surface area contributed by atoms with Gasteiger partial charge in [-0.3, -0.25) is 4.98 Å². The maximum Gasteiger partial charge on any atom is 0.144 e. The Bertz CT molecular complexity index is 388. The zero-order valence-corrected chi connectivity index (χ0v) is 11.2. The van der Waals surface area contributed by atoms with Crippen molar-refractivity contribution < 1.29 is 14.6 Å². The number of aromatic nitrogens is 1. The predicted molar refractivity (Wildman–Crippen MR) is 66.4 cm³/mol. The van der Waals surface area contributed by atoms with Crippen LogP contribution in [0.25, 0.3) is 0 Å². The minimum atomic E-state index is -0.382. The molecule has 4 heteroatoms. The third-order valence-electron chi connectivity index (χ3n) is 2.87. The van der Waals surface area contributed by atoms with Gasteiger partial charge in [0.2, 0.25) is 0 Å². The number of pyridine rings is 1. The van der Waals surface area contributed by atoms with Gasteiger partial charge in [0, 0.05) is 29.8 Å². The van der Waals surface area contributed by atoms with Crippen molar-refractivity contribution in [2.75, 3.05) is 20.8 Å². The zero-order valence-electron chi connectivity index (χ0n) is 11.2. The van der Waals surface area contributed by atoms with E-state index in [2.05, 4.69) is 4.98 Å². The van der Waals surface area contributed by atoms with Crippen molar-refractivity contribution >= 4 is 0 Å². The summed E-state index contributed by atoms with van der Waals surface area (Å²) in [5.41, 5.74) is 2.36. The highest BCUT2D eigenvalue weighted by molar-refractivity contribution is 5.46. The summed E-state index contributed by atoms with van der Waals surface area (Å²) in [6.07, 6.45) is 1.79. The molecule has 0 aliphatic rings. The van der Waals surface area contributed by atoms with Crippen LogP contribution in [0, 0.1) is 6.92 Å². The molecule has 1 rings (SSSR count). The second-order valence-corrected chi connectivity index (χ2v) is 4.75. The first-order valence-corrected chi connectivity index (χ1v) is 5.60. The van der Waals surface area contributed by atoms with Crippen LogP contribution in [0.4, 0.5) is 0 Å². The van der Waals surface area contributed by atoms with Gasteiger partial charge in [-0.2, -0.15) is 0 Å². The minimum absolute atomic E-state index is 0.0452. The fraction of sp³-hybridized carbons (Fsp3) is 0.615. The Labute approximate surface area is 103 Å². The lowest BCUT2D eigenvalue weighted by molar-refractivity contribution is 0.176. The number of methoxy groups -OCH3 is 2. The first kappa shape index (κ1) is 13.9. The average Bonchev–Trinajstić information content (AvgIpc) is 2.31. The fourth-order valence-electron chi connectivity index (χ4n) is 1.96. The lowest BCUT2D eigenvalue weighted by Crippen LogP contribution is -2.25. The molecular weight excluding hydrogens is 218 g/mol. The van der Waals surface area contributed by atoms with Crippen LogP contribution in [-0.4, -0.2) is 30.9 Å². The summed E-state index contributed by atoms with van der Waals surface area (Å²) < 4.78 is 10.6. The molecule has 0 amide bonds. The van der Waals surface area contributed by atoms with E-state index in [9.17, 15) is 5.11 Å². The van der Waals surface area contributed by atoms with Crippen LogP contribution in [0.5, 0.6) is 5.75 Å². The molecule has 1 aromatic heterocycles. The predicted octanol–water partition coefficient (Wildman–Crippen LogP) is 1.81. The first-order valence-electron chi connectivity index (χ1n) is 5.60. The van der Waals surface area contributed by atoms with Crippen molar-refractivity contribution in [1.82, 2.24) is 4.98 Å². The largest absolute Gasteiger partial charge is 0.495 e. The Balaban J connectivity index is 3.44. The van der Waals surface area contributed by atoms with Gasteiger partial charge in [-0.05, 0) is 6.92 Å². The summed E-state index contributed by atoms with van der Waals surface area (Å²) >= 11 is 0. The van der Waals surface area contributed by atoms with Crippen LogP contribution in [0.1, 0.15) is 30.7 Å². The van der Waals surface area contributed by atoms with Gasteiger partial charge in [-0.25, -0.2) is 0 Å². The summed E-state index contributed by atoms with van der Waals surface area (Å²) in [6, 6.07) is 0. The van der Waals surface area contributed by atoms with Crippen molar-refractivity contribution in [2.45, 2.75) is 32.8 Å². The van der Waals surface area contributed by atoms with Gasteiger partial charge in [-0.1, -0.05) is 13.8 Å². The Kier molecular flexibility index (Phi) is 4.48. The van der Waals surface area contributed by atoms with Crippen molar-refractivity contribution in [2.24, 2.45) is 0 Å². The van der Waals surface area contributed by atoms with Gasteiger partial charge < -0.3 is 14.6 Å². The van der Waals surface area contributed by atoms with E-state index >= 15 is 0 Å². The number of aryl methyl sites for hydroxylation is 1. The molecule has 0 saturated heterocycles. The molecule has 0 aliphatic heterocycles. The second-order valence-electron chi connectivity index (χ2n) is 4.75. The van der Waals surface area contributed by atoms with Crippen LogP contribution in [0.2, 0.25) is 0 Å². The maximum atomic E-state index is 9.53. The Hall–Kier alpha value is -1.13. The van der Waals surface area contributed by atoms with Gasteiger partial charge in [-0.15, -0.1) is 0 Å². The molecule has 1 aromatic rings. The molecule has 0 saturated carbocycles. The monoisotopic (exact) mass is 239 g/mol. The Morgan fingerprint density at radius 1 is 1.35 bits per heavy atom. The molecule has 96 valence electrons. The average molecular weight is 239 g/mol. The molecule has 17 heavy (non-hydrogen) atoms. The van der Waals surface area contributed by atoms with Gasteiger partial charge in [0.15, 0.2) is 0 Å². The summed E-state index contributed by atoms with van der Waals surface area (Å²) in [4.78, 5) is 4.29. The molecule has 0 spiro atoms. The number of aliphatic hydroxyl groups excluding tert-OH is 1. The molecule has 1 heterocycles. The van der Waals surface area contributed by atoms with Crippen LogP contribution < -0.4 is 4.74 Å². The van der Waals surface area contributed by atoms with E-state index in [4.69, 9.17) is 9.47 Å². The van der Waals surface area contributed by atoms with Crippen molar-refractivity contribution in [3.05, 3.63) is 23.0 Å². The lowest BCUT2D eigenvalue weighted by Gasteiger charge is -2.28. The van der Waals surface area contributed by atoms with Gasteiger partial charge in [0.1, 0.15) is 5.75 Å². The van der Waals surface area contributed by atoms with Crippen LogP contribution in [0.15, 0.2) is 6.20 Å². The molecule has 0 fully saturated rings. The molecule has 0 bridgehead atoms. The molecule has 0 atom stereocenters. The van der Waals surface area contributed by atoms with Crippen LogP contribution in [-0.2, 0) is 16.8 Å². The highest BCUT2D eigenvalue weighted by atomic mass is 16.5. The van der Waals surface area contributed by atoms with Crippen LogP contribution in [0.3, 0.4) is 0 Å². The highest BCUT2D eigenvalue weighted by Gasteiger charge is 2.28. The first-order chi connectivity index (χ1) is 7.97. The van der Waals surface area contributed by atoms with E-state index in [1.165, 1.54) is 0 Å². The van der Waals surface area contributed by atoms with E-state index < -0.39 is 0 Å². The van der Waals surface area contributed by atoms with Crippen molar-refractivity contribution in [1.29, 1.82) is 0 Å². The van der Waals surface area contributed by atoms with Gasteiger partial charge in [0.25, 0.3) is 0 Å². The zero-order chi connectivity index (χ0) is 13.1. The summed E-state index contributed by atoms with van der Waals surface area (Å²) in [5.74, 6) is 0.735. The minimum Gasteiger partial charge on any atom is -0.495 e. The standard InChI is InChI=1S/C13H21NO3/c1-9-12(17-5)11(13(2,3)8-15)10(6-14-9)7-16-4/h6,15H,7-8H2,1-5H3. The quantitative estimate of drug-likeness (QED) is 0.851. The van der Waals surface area contributed by atoms with E-state index in [1.807, 2.05) is 20.8 Å². The number of aliphatic hydroxyl groups is 1. The summed E-state index contributed by atoms with van der Waals surface area (Å²) in [5, 5.41) is 9.53. The third kappa shape index (κ3) is 2.76. The van der Waals surface area contributed by atoms with Crippen molar-refractivity contribution in [3.63, 3.8) is 0 Å². The summed E-state index contributed by atoms with van der Waals surface area (Å²) in [6.45, 7) is 6.35. The smallest absolute Gasteiger partial charge is 0.144 e. The van der Waals surface area contributed by atoms with E-state index in [-0.39, 0.29) is 12.0 Å². The number of hydrogen-bond acceptors (Lipinski definition) is 4. The highest BCUT2D eigenvalue weighted by Crippen LogP contribution is 2.36. The fourth-order valence-corrected chi connectivity index (χ4v) is 1.96. The van der Waals surface area contributed by atoms with Gasteiger partial charge in [0.05, 0.1) is 26.0 Å². The lowest BCUT2D eigenvalue weighted by atomic mass is 9.82. The molecule has 0 radical (unpaired) electrons. The van der Waals surface area contributed by atoms with E-state index in [0.29, 0.717) is 6.61 Å². The molecule has 1 N–H and O–H groups in total. The number of rotatable bonds is 5. The number of ether oxygens (including phenoxy) is 2. The second kappa shape index (κ2) is 5.47. The Morgan fingerprint density at radius 2 is 2.00 bits per heavy atom. The van der Waals surface area contributed by atoms with Crippen LogP contribution >= 0.6 is 0 Å². The third-order valence-corrected chi connectivity index (χ3v) is 2.87. The van der Waals surface area contributed by atoms with Gasteiger partial charge >= 0.3 is 0 Å². The summed E-state index contributed by atoms with van der Waals surface area (Å²) in [7, 11) is 3.26. The topological polar surface area (TPSA) is 51.6 Å². The molecule has 4 nitrogen and oxygen atoms in total. The van der Waals surface area contributed by atoms with E-state index in [1.54, 1.807) is 20.4 Å². The molecule has 0 aliphatic carbocycles. The SMILES string of the molecule is COCc1cnc(C)c(OC)c1C(C)(C)CO. The van der Waals surface area contributed by atoms with E-state index in [0.717, 1.165) is 22.6 Å². The maximum absolute atomic E-state index is 9.53.